The summed E-state index contributed by atoms with van der Waals surface area (Å²) in [4.78, 5) is 0. The quantitative estimate of drug-likeness (QED) is 0.809. The number of ether oxygens (including phenoxy) is 1. The molecule has 3 heteroatoms. The topological polar surface area (TPSA) is 35.2 Å². The van der Waals surface area contributed by atoms with E-state index in [1.165, 1.54) is 0 Å². The molecule has 0 spiro atoms. The zero-order valence-electron chi connectivity index (χ0n) is 7.66. The highest BCUT2D eigenvalue weighted by Crippen LogP contribution is 2.17. The van der Waals surface area contributed by atoms with Gasteiger partial charge in [-0.15, -0.1) is 0 Å². The Hall–Kier alpha value is -0.730. The van der Waals surface area contributed by atoms with Crippen molar-refractivity contribution >= 4 is 11.6 Å². The van der Waals surface area contributed by atoms with Gasteiger partial charge >= 0.3 is 0 Å². The van der Waals surface area contributed by atoms with Gasteiger partial charge in [-0.2, -0.15) is 0 Å². The molecule has 0 radical (unpaired) electrons. The molecule has 0 bridgehead atoms. The molecule has 0 saturated carbocycles. The largest absolute Gasteiger partial charge is 0.492 e. The lowest BCUT2D eigenvalue weighted by Gasteiger charge is -2.10. The lowest BCUT2D eigenvalue weighted by atomic mass is 10.2. The van der Waals surface area contributed by atoms with Crippen molar-refractivity contribution in [1.29, 1.82) is 0 Å². The second-order valence-electron chi connectivity index (χ2n) is 2.94. The van der Waals surface area contributed by atoms with Crippen LogP contribution < -0.4 is 10.5 Å². The zero-order valence-corrected chi connectivity index (χ0v) is 8.42. The van der Waals surface area contributed by atoms with E-state index in [0.717, 1.165) is 12.2 Å². The van der Waals surface area contributed by atoms with Gasteiger partial charge < -0.3 is 10.5 Å². The molecule has 13 heavy (non-hydrogen) atoms. The van der Waals surface area contributed by atoms with E-state index in [0.29, 0.717) is 11.6 Å². The molecule has 1 aromatic rings. The van der Waals surface area contributed by atoms with Crippen LogP contribution in [0.15, 0.2) is 24.3 Å². The van der Waals surface area contributed by atoms with E-state index in [2.05, 4.69) is 0 Å². The van der Waals surface area contributed by atoms with Crippen molar-refractivity contribution in [2.45, 2.75) is 19.4 Å². The third-order valence-electron chi connectivity index (χ3n) is 1.78. The SMILES string of the molecule is CCC(N)COc1cccc(Cl)c1. The monoisotopic (exact) mass is 199 g/mol. The third kappa shape index (κ3) is 3.66. The molecule has 0 saturated heterocycles. The predicted molar refractivity (Wildman–Crippen MR) is 55.2 cm³/mol. The molecule has 0 aliphatic rings. The first-order valence-corrected chi connectivity index (χ1v) is 4.74. The number of nitrogens with two attached hydrogens (primary N) is 1. The second kappa shape index (κ2) is 5.10. The molecular weight excluding hydrogens is 186 g/mol. The molecule has 1 atom stereocenters. The number of hydrogen-bond acceptors (Lipinski definition) is 2. The number of halogens is 1. The molecule has 1 rings (SSSR count). The van der Waals surface area contributed by atoms with Crippen LogP contribution in [0.1, 0.15) is 13.3 Å². The highest BCUT2D eigenvalue weighted by molar-refractivity contribution is 6.30. The first-order valence-electron chi connectivity index (χ1n) is 4.36. The smallest absolute Gasteiger partial charge is 0.120 e. The van der Waals surface area contributed by atoms with Crippen molar-refractivity contribution in [3.05, 3.63) is 29.3 Å². The van der Waals surface area contributed by atoms with E-state index in [-0.39, 0.29) is 6.04 Å². The van der Waals surface area contributed by atoms with Crippen molar-refractivity contribution in [2.75, 3.05) is 6.61 Å². The Balaban J connectivity index is 2.45. The van der Waals surface area contributed by atoms with E-state index in [1.54, 1.807) is 6.07 Å². The van der Waals surface area contributed by atoms with Gasteiger partial charge in [0.1, 0.15) is 12.4 Å². The van der Waals surface area contributed by atoms with Gasteiger partial charge in [-0.25, -0.2) is 0 Å². The minimum absolute atomic E-state index is 0.0963. The highest BCUT2D eigenvalue weighted by Gasteiger charge is 2.00. The van der Waals surface area contributed by atoms with Crippen LogP contribution in [0.3, 0.4) is 0 Å². The molecule has 1 unspecified atom stereocenters. The first kappa shape index (κ1) is 10.4. The fourth-order valence-electron chi connectivity index (χ4n) is 0.878. The second-order valence-corrected chi connectivity index (χ2v) is 3.37. The first-order chi connectivity index (χ1) is 6.22. The minimum atomic E-state index is 0.0963. The van der Waals surface area contributed by atoms with Crippen LogP contribution in [0.25, 0.3) is 0 Å². The van der Waals surface area contributed by atoms with E-state index < -0.39 is 0 Å². The maximum Gasteiger partial charge on any atom is 0.120 e. The van der Waals surface area contributed by atoms with Crippen LogP contribution in [0.2, 0.25) is 5.02 Å². The van der Waals surface area contributed by atoms with E-state index in [4.69, 9.17) is 22.1 Å². The summed E-state index contributed by atoms with van der Waals surface area (Å²) in [5.41, 5.74) is 5.70. The van der Waals surface area contributed by atoms with Gasteiger partial charge in [0.15, 0.2) is 0 Å². The average molecular weight is 200 g/mol. The molecule has 1 aromatic carbocycles. The van der Waals surface area contributed by atoms with Gasteiger partial charge in [0.05, 0.1) is 0 Å². The molecular formula is C10H14ClNO. The lowest BCUT2D eigenvalue weighted by Crippen LogP contribution is -2.26. The fourth-order valence-corrected chi connectivity index (χ4v) is 1.06. The summed E-state index contributed by atoms with van der Waals surface area (Å²) in [6.45, 7) is 2.57. The number of hydrogen-bond donors (Lipinski definition) is 1. The zero-order chi connectivity index (χ0) is 9.68. The molecule has 2 nitrogen and oxygen atoms in total. The van der Waals surface area contributed by atoms with Crippen LogP contribution in [0.4, 0.5) is 0 Å². The summed E-state index contributed by atoms with van der Waals surface area (Å²) in [7, 11) is 0. The van der Waals surface area contributed by atoms with Gasteiger partial charge in [0, 0.05) is 11.1 Å². The summed E-state index contributed by atoms with van der Waals surface area (Å²) in [6.07, 6.45) is 0.917. The maximum absolute atomic E-state index is 5.78. The molecule has 72 valence electrons. The van der Waals surface area contributed by atoms with Gasteiger partial charge in [-0.3, -0.25) is 0 Å². The maximum atomic E-state index is 5.78. The summed E-state index contributed by atoms with van der Waals surface area (Å²) < 4.78 is 5.43. The molecule has 0 aromatic heterocycles. The van der Waals surface area contributed by atoms with E-state index in [9.17, 15) is 0 Å². The van der Waals surface area contributed by atoms with Crippen LogP contribution in [-0.4, -0.2) is 12.6 Å². The Kier molecular flexibility index (Phi) is 4.06. The van der Waals surface area contributed by atoms with Crippen molar-refractivity contribution < 1.29 is 4.74 Å². The molecule has 0 fully saturated rings. The number of benzene rings is 1. The van der Waals surface area contributed by atoms with E-state index in [1.807, 2.05) is 25.1 Å². The van der Waals surface area contributed by atoms with Gasteiger partial charge in [-0.05, 0) is 24.6 Å². The predicted octanol–water partition coefficient (Wildman–Crippen LogP) is 2.46. The Labute approximate surface area is 83.6 Å². The molecule has 2 N–H and O–H groups in total. The normalized spacial score (nSPS) is 12.5. The van der Waals surface area contributed by atoms with Gasteiger partial charge in [0.25, 0.3) is 0 Å². The fraction of sp³-hybridized carbons (Fsp3) is 0.400. The summed E-state index contributed by atoms with van der Waals surface area (Å²) >= 11 is 5.78. The summed E-state index contributed by atoms with van der Waals surface area (Å²) in [5.74, 6) is 0.774. The Morgan fingerprint density at radius 1 is 1.54 bits per heavy atom. The third-order valence-corrected chi connectivity index (χ3v) is 2.02. The number of rotatable bonds is 4. The Bertz CT molecular complexity index is 265. The highest BCUT2D eigenvalue weighted by atomic mass is 35.5. The van der Waals surface area contributed by atoms with Crippen molar-refractivity contribution in [3.63, 3.8) is 0 Å². The molecule has 0 amide bonds. The molecule has 0 aliphatic carbocycles. The average Bonchev–Trinajstić information content (AvgIpc) is 2.14. The van der Waals surface area contributed by atoms with Crippen molar-refractivity contribution in [2.24, 2.45) is 5.73 Å². The lowest BCUT2D eigenvalue weighted by molar-refractivity contribution is 0.285. The summed E-state index contributed by atoms with van der Waals surface area (Å²) in [6, 6.07) is 7.42. The van der Waals surface area contributed by atoms with Crippen LogP contribution in [0, 0.1) is 0 Å². The van der Waals surface area contributed by atoms with Crippen LogP contribution >= 0.6 is 11.6 Å². The molecule has 0 heterocycles. The summed E-state index contributed by atoms with van der Waals surface area (Å²) in [5, 5.41) is 0.683. The van der Waals surface area contributed by atoms with Gasteiger partial charge in [0.2, 0.25) is 0 Å². The Morgan fingerprint density at radius 3 is 2.92 bits per heavy atom. The van der Waals surface area contributed by atoms with Crippen molar-refractivity contribution in [3.8, 4) is 5.75 Å². The van der Waals surface area contributed by atoms with E-state index >= 15 is 0 Å². The standard InChI is InChI=1S/C10H14ClNO/c1-2-9(12)7-13-10-5-3-4-8(11)6-10/h3-6,9H,2,7,12H2,1H3. The molecule has 0 aliphatic heterocycles. The van der Waals surface area contributed by atoms with Gasteiger partial charge in [-0.1, -0.05) is 24.6 Å². The van der Waals surface area contributed by atoms with Crippen LogP contribution in [-0.2, 0) is 0 Å². The van der Waals surface area contributed by atoms with Crippen molar-refractivity contribution in [1.82, 2.24) is 0 Å². The van der Waals surface area contributed by atoms with Crippen LogP contribution in [0.5, 0.6) is 5.75 Å². The Morgan fingerprint density at radius 2 is 2.31 bits per heavy atom. The minimum Gasteiger partial charge on any atom is -0.492 e.